The monoisotopic (exact) mass is 484 g/mol. The van der Waals surface area contributed by atoms with E-state index < -0.39 is 29.2 Å². The van der Waals surface area contributed by atoms with Crippen molar-refractivity contribution in [2.24, 2.45) is 17.8 Å². The number of rotatable bonds is 5. The number of hydrogen-bond donors (Lipinski definition) is 0. The average molecular weight is 485 g/mol. The Kier molecular flexibility index (Phi) is 7.48. The molecule has 0 aromatic heterocycles. The first-order chi connectivity index (χ1) is 16.2. The fraction of sp³-hybridized carbons (Fsp3) is 0.556. The summed E-state index contributed by atoms with van der Waals surface area (Å²) in [6.45, 7) is 2.24. The van der Waals surface area contributed by atoms with Crippen LogP contribution in [0.3, 0.4) is 0 Å². The van der Waals surface area contributed by atoms with Crippen molar-refractivity contribution in [3.8, 4) is 11.5 Å². The maximum Gasteiger partial charge on any atom is 0.419 e. The zero-order valence-corrected chi connectivity index (χ0v) is 19.2. The maximum atomic E-state index is 15.3. The summed E-state index contributed by atoms with van der Waals surface area (Å²) in [7, 11) is 0. The van der Waals surface area contributed by atoms with Crippen LogP contribution in [0.1, 0.15) is 81.8 Å². The summed E-state index contributed by atoms with van der Waals surface area (Å²) in [4.78, 5) is 0. The van der Waals surface area contributed by atoms with Crippen LogP contribution in [0.25, 0.3) is 0 Å². The minimum atomic E-state index is -4.84. The molecule has 2 aromatic carbocycles. The van der Waals surface area contributed by atoms with Gasteiger partial charge in [0.1, 0.15) is 17.4 Å². The predicted octanol–water partition coefficient (Wildman–Crippen LogP) is 9.41. The molecule has 2 saturated carbocycles. The van der Waals surface area contributed by atoms with Crippen LogP contribution in [0.15, 0.2) is 30.3 Å². The lowest BCUT2D eigenvalue weighted by molar-refractivity contribution is -0.140. The Morgan fingerprint density at radius 3 is 1.97 bits per heavy atom. The molecule has 2 fully saturated rings. The van der Waals surface area contributed by atoms with E-state index in [1.54, 1.807) is 0 Å². The van der Waals surface area contributed by atoms with E-state index in [4.69, 9.17) is 4.74 Å². The molecular formula is C27H30F6O. The lowest BCUT2D eigenvalue weighted by atomic mass is 9.68. The Morgan fingerprint density at radius 2 is 1.41 bits per heavy atom. The molecule has 0 bridgehead atoms. The van der Waals surface area contributed by atoms with Gasteiger partial charge in [0.25, 0.3) is 0 Å². The Morgan fingerprint density at radius 1 is 0.794 bits per heavy atom. The smallest absolute Gasteiger partial charge is 0.419 e. The van der Waals surface area contributed by atoms with Gasteiger partial charge in [-0.3, -0.25) is 0 Å². The second-order valence-electron chi connectivity index (χ2n) is 9.82. The summed E-state index contributed by atoms with van der Waals surface area (Å²) in [6.07, 6.45) is 4.64. The number of ether oxygens (including phenoxy) is 1. The summed E-state index contributed by atoms with van der Waals surface area (Å²) in [5.74, 6) is -1.81. The first-order valence-electron chi connectivity index (χ1n) is 12.2. The summed E-state index contributed by atoms with van der Waals surface area (Å²) < 4.78 is 87.4. The van der Waals surface area contributed by atoms with Gasteiger partial charge in [0, 0.05) is 11.6 Å². The maximum absolute atomic E-state index is 15.3. The average Bonchev–Trinajstić information content (AvgIpc) is 2.81. The number of alkyl halides is 3. The van der Waals surface area contributed by atoms with E-state index in [-0.39, 0.29) is 23.0 Å². The molecule has 7 heteroatoms. The van der Waals surface area contributed by atoms with Crippen molar-refractivity contribution in [2.75, 3.05) is 0 Å². The van der Waals surface area contributed by atoms with Crippen LogP contribution >= 0.6 is 0 Å². The van der Waals surface area contributed by atoms with Crippen LogP contribution in [0, 0.1) is 35.2 Å². The molecule has 2 aliphatic rings. The van der Waals surface area contributed by atoms with Crippen LogP contribution in [0.2, 0.25) is 0 Å². The molecule has 4 rings (SSSR count). The SMILES string of the molecule is CCC1CCC(C2CCC(c3c(F)ccc(Oc4ccc(C(F)(F)F)c(F)c4)c3F)CC2)CC1. The highest BCUT2D eigenvalue weighted by atomic mass is 19.4. The van der Waals surface area contributed by atoms with E-state index in [1.165, 1.54) is 32.1 Å². The molecule has 2 aromatic rings. The molecule has 186 valence electrons. The van der Waals surface area contributed by atoms with E-state index in [1.807, 2.05) is 0 Å². The lowest BCUT2D eigenvalue weighted by Gasteiger charge is -2.38. The van der Waals surface area contributed by atoms with Gasteiger partial charge in [0.15, 0.2) is 11.6 Å². The van der Waals surface area contributed by atoms with Gasteiger partial charge in [0.05, 0.1) is 5.56 Å². The van der Waals surface area contributed by atoms with Gasteiger partial charge < -0.3 is 4.74 Å². The molecule has 0 radical (unpaired) electrons. The highest BCUT2D eigenvalue weighted by Crippen LogP contribution is 2.46. The van der Waals surface area contributed by atoms with E-state index in [0.29, 0.717) is 36.8 Å². The van der Waals surface area contributed by atoms with Gasteiger partial charge in [-0.2, -0.15) is 13.2 Å². The van der Waals surface area contributed by atoms with Crippen molar-refractivity contribution in [3.63, 3.8) is 0 Å². The van der Waals surface area contributed by atoms with Gasteiger partial charge in [-0.05, 0) is 86.5 Å². The Labute approximate surface area is 196 Å². The van der Waals surface area contributed by atoms with Crippen LogP contribution in [0.4, 0.5) is 26.3 Å². The Balaban J connectivity index is 1.45. The third kappa shape index (κ3) is 5.38. The summed E-state index contributed by atoms with van der Waals surface area (Å²) in [5, 5.41) is 0. The summed E-state index contributed by atoms with van der Waals surface area (Å²) in [5.41, 5.74) is -1.47. The van der Waals surface area contributed by atoms with Crippen molar-refractivity contribution < 1.29 is 31.1 Å². The molecule has 0 saturated heterocycles. The highest BCUT2D eigenvalue weighted by Gasteiger charge is 2.35. The van der Waals surface area contributed by atoms with E-state index in [9.17, 15) is 22.0 Å². The van der Waals surface area contributed by atoms with Crippen LogP contribution < -0.4 is 4.74 Å². The minimum absolute atomic E-state index is 0.0435. The largest absolute Gasteiger partial charge is 0.454 e. The van der Waals surface area contributed by atoms with E-state index in [0.717, 1.165) is 37.0 Å². The normalized spacial score (nSPS) is 25.9. The van der Waals surface area contributed by atoms with E-state index >= 15 is 4.39 Å². The molecule has 0 atom stereocenters. The molecule has 0 amide bonds. The molecule has 34 heavy (non-hydrogen) atoms. The number of halogens is 6. The molecular weight excluding hydrogens is 454 g/mol. The van der Waals surface area contributed by atoms with Crippen LogP contribution in [-0.2, 0) is 6.18 Å². The zero-order chi connectivity index (χ0) is 24.5. The fourth-order valence-corrected chi connectivity index (χ4v) is 5.87. The van der Waals surface area contributed by atoms with E-state index in [2.05, 4.69) is 6.92 Å². The molecule has 0 heterocycles. The molecule has 0 spiro atoms. The fourth-order valence-electron chi connectivity index (χ4n) is 5.87. The third-order valence-corrected chi connectivity index (χ3v) is 7.88. The standard InChI is InChI=1S/C27H30F6O/c1-2-16-3-5-17(6-4-16)18-7-9-19(10-8-18)25-22(28)13-14-24(26(25)30)34-20-11-12-21(23(29)15-20)27(31,32)33/h11-19H,2-10H2,1H3. The summed E-state index contributed by atoms with van der Waals surface area (Å²) >= 11 is 0. The number of hydrogen-bond acceptors (Lipinski definition) is 1. The van der Waals surface area contributed by atoms with Crippen molar-refractivity contribution in [1.82, 2.24) is 0 Å². The van der Waals surface area contributed by atoms with Crippen molar-refractivity contribution in [3.05, 3.63) is 58.9 Å². The lowest BCUT2D eigenvalue weighted by Crippen LogP contribution is -2.25. The first-order valence-corrected chi connectivity index (χ1v) is 12.2. The van der Waals surface area contributed by atoms with Crippen molar-refractivity contribution in [2.45, 2.75) is 76.8 Å². The van der Waals surface area contributed by atoms with Gasteiger partial charge >= 0.3 is 6.18 Å². The van der Waals surface area contributed by atoms with Gasteiger partial charge in [-0.1, -0.05) is 26.2 Å². The van der Waals surface area contributed by atoms with Crippen molar-refractivity contribution in [1.29, 1.82) is 0 Å². The van der Waals surface area contributed by atoms with Crippen LogP contribution in [0.5, 0.6) is 11.5 Å². The van der Waals surface area contributed by atoms with Gasteiger partial charge in [0.2, 0.25) is 0 Å². The molecule has 0 N–H and O–H groups in total. The first kappa shape index (κ1) is 24.9. The quantitative estimate of drug-likeness (QED) is 0.384. The Hall–Kier alpha value is -2.18. The highest BCUT2D eigenvalue weighted by molar-refractivity contribution is 5.39. The molecule has 1 nitrogen and oxygen atoms in total. The third-order valence-electron chi connectivity index (χ3n) is 7.88. The topological polar surface area (TPSA) is 9.23 Å². The molecule has 2 aliphatic carbocycles. The Bertz CT molecular complexity index is 985. The van der Waals surface area contributed by atoms with Gasteiger partial charge in [-0.15, -0.1) is 0 Å². The minimum Gasteiger partial charge on any atom is -0.454 e. The van der Waals surface area contributed by atoms with Crippen molar-refractivity contribution >= 4 is 0 Å². The van der Waals surface area contributed by atoms with Gasteiger partial charge in [-0.25, -0.2) is 13.2 Å². The molecule has 0 unspecified atom stereocenters. The second kappa shape index (κ2) is 10.2. The summed E-state index contributed by atoms with van der Waals surface area (Å²) in [6, 6.07) is 4.22. The second-order valence-corrected chi connectivity index (χ2v) is 9.82. The number of benzene rings is 2. The predicted molar refractivity (Wildman–Crippen MR) is 118 cm³/mol. The zero-order valence-electron chi connectivity index (χ0n) is 19.2. The van der Waals surface area contributed by atoms with Crippen LogP contribution in [-0.4, -0.2) is 0 Å². The molecule has 0 aliphatic heterocycles.